The van der Waals surface area contributed by atoms with E-state index in [0.29, 0.717) is 16.9 Å². The number of nitrogens with zero attached hydrogens (tertiary/aromatic N) is 1. The molecule has 0 saturated carbocycles. The molecule has 0 atom stereocenters. The van der Waals surface area contributed by atoms with Crippen LogP contribution in [0.1, 0.15) is 10.4 Å². The maximum atomic E-state index is 12.8. The third-order valence-corrected chi connectivity index (χ3v) is 4.52. The molecule has 0 bridgehead atoms. The summed E-state index contributed by atoms with van der Waals surface area (Å²) in [5.41, 5.74) is 11.8. The Morgan fingerprint density at radius 3 is 2.25 bits per heavy atom. The van der Waals surface area contributed by atoms with Gasteiger partial charge >= 0.3 is 0 Å². The summed E-state index contributed by atoms with van der Waals surface area (Å²) in [5.74, 6) is -0.180. The number of carbonyl (C=O) groups is 1. The number of nitrogen functional groups attached to an aromatic ring is 1. The van der Waals surface area contributed by atoms with Crippen LogP contribution in [0.4, 0.5) is 11.4 Å². The van der Waals surface area contributed by atoms with Crippen molar-refractivity contribution in [3.63, 3.8) is 0 Å². The summed E-state index contributed by atoms with van der Waals surface area (Å²) < 4.78 is 0. The maximum Gasteiger partial charge on any atom is 0.255 e. The van der Waals surface area contributed by atoms with Gasteiger partial charge in [-0.1, -0.05) is 54.6 Å². The summed E-state index contributed by atoms with van der Waals surface area (Å²) in [6.45, 7) is 0. The molecule has 28 heavy (non-hydrogen) atoms. The number of carbonyl (C=O) groups excluding carboxylic acids is 1. The number of aromatic nitrogens is 1. The van der Waals surface area contributed by atoms with Gasteiger partial charge in [0, 0.05) is 29.2 Å². The summed E-state index contributed by atoms with van der Waals surface area (Å²) in [6.07, 6.45) is 3.54. The highest BCUT2D eigenvalue weighted by molar-refractivity contribution is 6.06. The molecule has 136 valence electrons. The van der Waals surface area contributed by atoms with E-state index in [-0.39, 0.29) is 5.91 Å². The predicted octanol–water partition coefficient (Wildman–Crippen LogP) is 5.25. The molecule has 0 saturated heterocycles. The SMILES string of the molecule is Nc1ccc(-c2ccccc2)c(NC(=O)c2ccc(-c3cccnc3)cc2)c1. The Bertz CT molecular complexity index is 1090. The van der Waals surface area contributed by atoms with Crippen LogP contribution in [-0.4, -0.2) is 10.9 Å². The van der Waals surface area contributed by atoms with Crippen LogP contribution in [0.2, 0.25) is 0 Å². The van der Waals surface area contributed by atoms with Gasteiger partial charge in [0.05, 0.1) is 5.69 Å². The topological polar surface area (TPSA) is 68.0 Å². The van der Waals surface area contributed by atoms with E-state index < -0.39 is 0 Å². The number of nitrogens with two attached hydrogens (primary N) is 1. The number of rotatable bonds is 4. The van der Waals surface area contributed by atoms with Crippen LogP contribution in [0.3, 0.4) is 0 Å². The van der Waals surface area contributed by atoms with Gasteiger partial charge in [-0.3, -0.25) is 9.78 Å². The van der Waals surface area contributed by atoms with Crippen LogP contribution in [0.25, 0.3) is 22.3 Å². The zero-order valence-electron chi connectivity index (χ0n) is 15.2. The standard InChI is InChI=1S/C24H19N3O/c25-21-12-13-22(18-5-2-1-3-6-18)23(15-21)27-24(28)19-10-8-17(9-11-19)20-7-4-14-26-16-20/h1-16H,25H2,(H,27,28). The zero-order chi connectivity index (χ0) is 19.3. The summed E-state index contributed by atoms with van der Waals surface area (Å²) in [6, 6.07) is 26.8. The lowest BCUT2D eigenvalue weighted by molar-refractivity contribution is 0.102. The molecule has 0 aliphatic carbocycles. The first-order valence-corrected chi connectivity index (χ1v) is 8.97. The summed E-state index contributed by atoms with van der Waals surface area (Å²) in [4.78, 5) is 16.9. The molecular formula is C24H19N3O. The Kier molecular flexibility index (Phi) is 4.85. The van der Waals surface area contributed by atoms with Gasteiger partial charge in [0.2, 0.25) is 0 Å². The van der Waals surface area contributed by atoms with E-state index in [1.54, 1.807) is 18.5 Å². The van der Waals surface area contributed by atoms with Gasteiger partial charge in [-0.15, -0.1) is 0 Å². The minimum atomic E-state index is -0.180. The first-order valence-electron chi connectivity index (χ1n) is 8.97. The number of hydrogen-bond donors (Lipinski definition) is 2. The smallest absolute Gasteiger partial charge is 0.255 e. The number of amides is 1. The highest BCUT2D eigenvalue weighted by atomic mass is 16.1. The fraction of sp³-hybridized carbons (Fsp3) is 0. The third kappa shape index (κ3) is 3.76. The Morgan fingerprint density at radius 2 is 1.54 bits per heavy atom. The van der Waals surface area contributed by atoms with E-state index in [0.717, 1.165) is 22.3 Å². The number of nitrogens with one attached hydrogen (secondary N) is 1. The first kappa shape index (κ1) is 17.5. The van der Waals surface area contributed by atoms with Crippen molar-refractivity contribution in [2.75, 3.05) is 11.1 Å². The molecule has 1 heterocycles. The second kappa shape index (κ2) is 7.76. The molecule has 4 rings (SSSR count). The summed E-state index contributed by atoms with van der Waals surface area (Å²) >= 11 is 0. The quantitative estimate of drug-likeness (QED) is 0.485. The fourth-order valence-corrected chi connectivity index (χ4v) is 3.08. The number of hydrogen-bond acceptors (Lipinski definition) is 3. The van der Waals surface area contributed by atoms with Crippen molar-refractivity contribution in [1.82, 2.24) is 4.98 Å². The minimum Gasteiger partial charge on any atom is -0.399 e. The van der Waals surface area contributed by atoms with Crippen molar-refractivity contribution in [3.8, 4) is 22.3 Å². The molecule has 0 fully saturated rings. The van der Waals surface area contributed by atoms with E-state index >= 15 is 0 Å². The number of anilines is 2. The number of pyridine rings is 1. The van der Waals surface area contributed by atoms with Crippen LogP contribution in [0.15, 0.2) is 97.3 Å². The normalized spacial score (nSPS) is 10.4. The largest absolute Gasteiger partial charge is 0.399 e. The second-order valence-corrected chi connectivity index (χ2v) is 6.44. The van der Waals surface area contributed by atoms with Gasteiger partial charge < -0.3 is 11.1 Å². The van der Waals surface area contributed by atoms with Gasteiger partial charge in [0.15, 0.2) is 0 Å². The van der Waals surface area contributed by atoms with Crippen molar-refractivity contribution >= 4 is 17.3 Å². The molecule has 4 nitrogen and oxygen atoms in total. The van der Waals surface area contributed by atoms with Crippen molar-refractivity contribution in [2.24, 2.45) is 0 Å². The van der Waals surface area contributed by atoms with E-state index in [4.69, 9.17) is 5.73 Å². The lowest BCUT2D eigenvalue weighted by atomic mass is 10.0. The molecule has 0 unspecified atom stereocenters. The van der Waals surface area contributed by atoms with Gasteiger partial charge in [0.25, 0.3) is 5.91 Å². The Labute approximate surface area is 163 Å². The molecule has 0 aliphatic rings. The van der Waals surface area contributed by atoms with E-state index in [9.17, 15) is 4.79 Å². The van der Waals surface area contributed by atoms with Gasteiger partial charge in [-0.25, -0.2) is 0 Å². The third-order valence-electron chi connectivity index (χ3n) is 4.52. The van der Waals surface area contributed by atoms with Crippen LogP contribution >= 0.6 is 0 Å². The Balaban J connectivity index is 1.60. The minimum absolute atomic E-state index is 0.180. The van der Waals surface area contributed by atoms with Crippen molar-refractivity contribution in [2.45, 2.75) is 0 Å². The molecule has 1 amide bonds. The molecule has 3 aromatic carbocycles. The second-order valence-electron chi connectivity index (χ2n) is 6.44. The highest BCUT2D eigenvalue weighted by Crippen LogP contribution is 2.30. The van der Waals surface area contributed by atoms with Crippen LogP contribution in [-0.2, 0) is 0 Å². The molecular weight excluding hydrogens is 346 g/mol. The first-order chi connectivity index (χ1) is 13.7. The van der Waals surface area contributed by atoms with Crippen LogP contribution in [0, 0.1) is 0 Å². The van der Waals surface area contributed by atoms with E-state index in [1.165, 1.54) is 0 Å². The van der Waals surface area contributed by atoms with Crippen LogP contribution in [0.5, 0.6) is 0 Å². The average molecular weight is 365 g/mol. The fourth-order valence-electron chi connectivity index (χ4n) is 3.08. The van der Waals surface area contributed by atoms with Crippen molar-refractivity contribution in [3.05, 3.63) is 103 Å². The predicted molar refractivity (Wildman–Crippen MR) is 114 cm³/mol. The summed E-state index contributed by atoms with van der Waals surface area (Å²) in [5, 5.41) is 2.99. The van der Waals surface area contributed by atoms with E-state index in [2.05, 4.69) is 10.3 Å². The maximum absolute atomic E-state index is 12.8. The monoisotopic (exact) mass is 365 g/mol. The van der Waals surface area contributed by atoms with Crippen molar-refractivity contribution in [1.29, 1.82) is 0 Å². The average Bonchev–Trinajstić information content (AvgIpc) is 2.75. The Hall–Kier alpha value is -3.92. The lowest BCUT2D eigenvalue weighted by Crippen LogP contribution is -2.12. The van der Waals surface area contributed by atoms with E-state index in [1.807, 2.05) is 78.9 Å². The Morgan fingerprint density at radius 1 is 0.786 bits per heavy atom. The molecule has 4 aromatic rings. The molecule has 0 radical (unpaired) electrons. The molecule has 3 N–H and O–H groups in total. The van der Waals surface area contributed by atoms with Gasteiger partial charge in [-0.05, 0) is 47.0 Å². The summed E-state index contributed by atoms with van der Waals surface area (Å²) in [7, 11) is 0. The highest BCUT2D eigenvalue weighted by Gasteiger charge is 2.11. The number of benzene rings is 3. The molecule has 0 spiro atoms. The zero-order valence-corrected chi connectivity index (χ0v) is 15.2. The molecule has 1 aromatic heterocycles. The van der Waals surface area contributed by atoms with Gasteiger partial charge in [-0.2, -0.15) is 0 Å². The van der Waals surface area contributed by atoms with Gasteiger partial charge in [0.1, 0.15) is 0 Å². The van der Waals surface area contributed by atoms with Crippen molar-refractivity contribution < 1.29 is 4.79 Å². The van der Waals surface area contributed by atoms with Crippen LogP contribution < -0.4 is 11.1 Å². The lowest BCUT2D eigenvalue weighted by Gasteiger charge is -2.13. The molecule has 4 heteroatoms. The molecule has 0 aliphatic heterocycles.